The van der Waals surface area contributed by atoms with Crippen LogP contribution in [0.15, 0.2) is 36.4 Å². The second-order valence-electron chi connectivity index (χ2n) is 7.13. The van der Waals surface area contributed by atoms with Gasteiger partial charge in [0.05, 0.1) is 6.42 Å². The van der Waals surface area contributed by atoms with Crippen LogP contribution >= 0.6 is 46.4 Å². The van der Waals surface area contributed by atoms with Crippen molar-refractivity contribution in [3.8, 4) is 0 Å². The SMILES string of the molecule is CC[C@H](C)NC(=O)[C@H](C)N(Cc1ccc(Cl)cc1Cl)C(=O)Cc1c(Cl)cccc1Cl. The summed E-state index contributed by atoms with van der Waals surface area (Å²) in [6, 6.07) is 9.38. The number of benzene rings is 2. The summed E-state index contributed by atoms with van der Waals surface area (Å²) in [6.45, 7) is 5.72. The number of nitrogens with one attached hydrogen (secondary N) is 1. The predicted molar refractivity (Wildman–Crippen MR) is 125 cm³/mol. The number of hydrogen-bond acceptors (Lipinski definition) is 2. The van der Waals surface area contributed by atoms with Crippen molar-refractivity contribution in [1.82, 2.24) is 10.2 Å². The van der Waals surface area contributed by atoms with Crippen molar-refractivity contribution in [1.29, 1.82) is 0 Å². The molecule has 30 heavy (non-hydrogen) atoms. The van der Waals surface area contributed by atoms with Gasteiger partial charge in [-0.2, -0.15) is 0 Å². The molecule has 1 N–H and O–H groups in total. The van der Waals surface area contributed by atoms with E-state index < -0.39 is 6.04 Å². The lowest BCUT2D eigenvalue weighted by atomic mass is 10.1. The van der Waals surface area contributed by atoms with Crippen molar-refractivity contribution in [3.63, 3.8) is 0 Å². The molecule has 0 radical (unpaired) electrons. The minimum absolute atomic E-state index is 0.00552. The molecule has 2 atom stereocenters. The Labute approximate surface area is 197 Å². The zero-order valence-corrected chi connectivity index (χ0v) is 20.0. The average molecular weight is 490 g/mol. The first-order valence-electron chi connectivity index (χ1n) is 9.60. The van der Waals surface area contributed by atoms with Crippen LogP contribution in [0.4, 0.5) is 0 Å². The third-order valence-corrected chi connectivity index (χ3v) is 6.21. The van der Waals surface area contributed by atoms with Crippen molar-refractivity contribution in [2.75, 3.05) is 0 Å². The fourth-order valence-electron chi connectivity index (χ4n) is 2.84. The fourth-order valence-corrected chi connectivity index (χ4v) is 3.83. The molecule has 0 heterocycles. The number of nitrogens with zero attached hydrogens (tertiary/aromatic N) is 1. The Bertz CT molecular complexity index is 900. The maximum absolute atomic E-state index is 13.3. The second-order valence-corrected chi connectivity index (χ2v) is 8.79. The van der Waals surface area contributed by atoms with E-state index in [0.29, 0.717) is 31.2 Å². The largest absolute Gasteiger partial charge is 0.352 e. The predicted octanol–water partition coefficient (Wildman–Crippen LogP) is 6.17. The molecule has 8 heteroatoms. The number of carbonyl (C=O) groups is 2. The topological polar surface area (TPSA) is 49.4 Å². The van der Waals surface area contributed by atoms with Crippen LogP contribution in [-0.4, -0.2) is 28.8 Å². The van der Waals surface area contributed by atoms with Crippen molar-refractivity contribution in [2.24, 2.45) is 0 Å². The van der Waals surface area contributed by atoms with Gasteiger partial charge >= 0.3 is 0 Å². The molecule has 2 rings (SSSR count). The first-order chi connectivity index (χ1) is 14.1. The molecule has 0 aliphatic rings. The molecule has 0 bridgehead atoms. The molecule has 2 aromatic carbocycles. The van der Waals surface area contributed by atoms with Crippen LogP contribution in [0.3, 0.4) is 0 Å². The highest BCUT2D eigenvalue weighted by Gasteiger charge is 2.28. The van der Waals surface area contributed by atoms with Gasteiger partial charge in [0.15, 0.2) is 0 Å². The molecular formula is C22H24Cl4N2O2. The zero-order valence-electron chi connectivity index (χ0n) is 17.0. The quantitative estimate of drug-likeness (QED) is 0.481. The van der Waals surface area contributed by atoms with Gasteiger partial charge in [-0.3, -0.25) is 9.59 Å². The van der Waals surface area contributed by atoms with E-state index in [9.17, 15) is 9.59 Å². The van der Waals surface area contributed by atoms with Gasteiger partial charge in [-0.05, 0) is 55.7 Å². The van der Waals surface area contributed by atoms with Gasteiger partial charge in [0.1, 0.15) is 6.04 Å². The van der Waals surface area contributed by atoms with Crippen molar-refractivity contribution in [2.45, 2.75) is 52.2 Å². The van der Waals surface area contributed by atoms with Gasteiger partial charge in [0, 0.05) is 32.7 Å². The molecule has 0 aliphatic carbocycles. The smallest absolute Gasteiger partial charge is 0.242 e. The second kappa shape index (κ2) is 11.2. The van der Waals surface area contributed by atoms with Crippen molar-refractivity contribution < 1.29 is 9.59 Å². The van der Waals surface area contributed by atoms with Gasteiger partial charge in [-0.25, -0.2) is 0 Å². The third kappa shape index (κ3) is 6.52. The van der Waals surface area contributed by atoms with Crippen LogP contribution in [0.2, 0.25) is 20.1 Å². The number of hydrogen-bond donors (Lipinski definition) is 1. The molecule has 0 aliphatic heterocycles. The number of carbonyl (C=O) groups excluding carboxylic acids is 2. The summed E-state index contributed by atoms with van der Waals surface area (Å²) in [7, 11) is 0. The lowest BCUT2D eigenvalue weighted by molar-refractivity contribution is -0.140. The summed E-state index contributed by atoms with van der Waals surface area (Å²) < 4.78 is 0. The number of halogens is 4. The minimum Gasteiger partial charge on any atom is -0.352 e. The van der Waals surface area contributed by atoms with E-state index in [1.807, 2.05) is 13.8 Å². The van der Waals surface area contributed by atoms with Crippen LogP contribution < -0.4 is 5.32 Å². The average Bonchev–Trinajstić information content (AvgIpc) is 2.69. The van der Waals surface area contributed by atoms with Gasteiger partial charge in [-0.15, -0.1) is 0 Å². The van der Waals surface area contributed by atoms with Gasteiger partial charge in [-0.1, -0.05) is 65.5 Å². The van der Waals surface area contributed by atoms with Crippen LogP contribution in [0.5, 0.6) is 0 Å². The summed E-state index contributed by atoms with van der Waals surface area (Å²) in [5.74, 6) is -0.532. The van der Waals surface area contributed by atoms with E-state index >= 15 is 0 Å². The highest BCUT2D eigenvalue weighted by atomic mass is 35.5. The summed E-state index contributed by atoms with van der Waals surface area (Å²) in [6.07, 6.45) is 0.745. The van der Waals surface area contributed by atoms with E-state index in [4.69, 9.17) is 46.4 Å². The summed E-state index contributed by atoms with van der Waals surface area (Å²) in [5.41, 5.74) is 1.20. The normalized spacial score (nSPS) is 12.9. The molecule has 0 saturated heterocycles. The fraction of sp³-hybridized carbons (Fsp3) is 0.364. The van der Waals surface area contributed by atoms with Crippen LogP contribution in [0.25, 0.3) is 0 Å². The van der Waals surface area contributed by atoms with E-state index in [1.165, 1.54) is 4.90 Å². The summed E-state index contributed by atoms with van der Waals surface area (Å²) in [5, 5.41) is 4.64. The highest BCUT2D eigenvalue weighted by molar-refractivity contribution is 6.36. The highest BCUT2D eigenvalue weighted by Crippen LogP contribution is 2.27. The molecule has 2 amide bonds. The van der Waals surface area contributed by atoms with Crippen molar-refractivity contribution >= 4 is 58.2 Å². The minimum atomic E-state index is -0.723. The summed E-state index contributed by atoms with van der Waals surface area (Å²) >= 11 is 24.8. The molecule has 162 valence electrons. The maximum atomic E-state index is 13.3. The van der Waals surface area contributed by atoms with Gasteiger partial charge in [0.25, 0.3) is 0 Å². The monoisotopic (exact) mass is 488 g/mol. The van der Waals surface area contributed by atoms with Gasteiger partial charge < -0.3 is 10.2 Å². The Balaban J connectivity index is 2.34. The molecule has 0 spiro atoms. The van der Waals surface area contributed by atoms with E-state index in [1.54, 1.807) is 43.3 Å². The Morgan fingerprint density at radius 1 is 1.00 bits per heavy atom. The molecule has 4 nitrogen and oxygen atoms in total. The molecule has 0 fully saturated rings. The number of amides is 2. The zero-order chi connectivity index (χ0) is 22.4. The lowest BCUT2D eigenvalue weighted by Gasteiger charge is -2.30. The van der Waals surface area contributed by atoms with Gasteiger partial charge in [0.2, 0.25) is 11.8 Å². The molecule has 2 aromatic rings. The summed E-state index contributed by atoms with van der Waals surface area (Å²) in [4.78, 5) is 27.5. The van der Waals surface area contributed by atoms with E-state index in [2.05, 4.69) is 5.32 Å². The lowest BCUT2D eigenvalue weighted by Crippen LogP contribution is -2.50. The van der Waals surface area contributed by atoms with Crippen LogP contribution in [0.1, 0.15) is 38.3 Å². The Hall–Kier alpha value is -1.46. The maximum Gasteiger partial charge on any atom is 0.242 e. The molecule has 0 saturated carbocycles. The number of rotatable bonds is 8. The molecule has 0 aromatic heterocycles. The molecule has 0 unspecified atom stereocenters. The first-order valence-corrected chi connectivity index (χ1v) is 11.1. The Morgan fingerprint density at radius 2 is 1.63 bits per heavy atom. The standard InChI is InChI=1S/C22H24Cl4N2O2/c1-4-13(2)27-22(30)14(3)28(12-15-8-9-16(23)10-20(15)26)21(29)11-17-18(24)6-5-7-19(17)25/h5-10,13-14H,4,11-12H2,1-3H3,(H,27,30)/t13-,14-/m0/s1. The Morgan fingerprint density at radius 3 is 2.20 bits per heavy atom. The van der Waals surface area contributed by atoms with Crippen LogP contribution in [0, 0.1) is 0 Å². The van der Waals surface area contributed by atoms with Crippen molar-refractivity contribution in [3.05, 3.63) is 67.6 Å². The molecular weight excluding hydrogens is 466 g/mol. The van der Waals surface area contributed by atoms with E-state index in [0.717, 1.165) is 6.42 Å². The third-order valence-electron chi connectivity index (χ3n) is 4.91. The Kier molecular flexibility index (Phi) is 9.30. The van der Waals surface area contributed by atoms with Crippen LogP contribution in [-0.2, 0) is 22.6 Å². The van der Waals surface area contributed by atoms with E-state index in [-0.39, 0.29) is 30.8 Å². The first kappa shape index (κ1) is 24.8.